The van der Waals surface area contributed by atoms with Crippen LogP contribution in [0.25, 0.3) is 10.1 Å². The van der Waals surface area contributed by atoms with Gasteiger partial charge >= 0.3 is 0 Å². The first-order chi connectivity index (χ1) is 14.1. The van der Waals surface area contributed by atoms with E-state index in [1.807, 2.05) is 11.3 Å². The van der Waals surface area contributed by atoms with Crippen molar-refractivity contribution in [1.82, 2.24) is 0 Å². The zero-order valence-corrected chi connectivity index (χ0v) is 17.7. The first kappa shape index (κ1) is 20.5. The molecule has 0 bridgehead atoms. The molecule has 1 aliphatic carbocycles. The lowest BCUT2D eigenvalue weighted by atomic mass is 9.82. The quantitative estimate of drug-likeness (QED) is 0.384. The SMILES string of the molecule is CCCCc1ccc2cc(COC3CCC(c4ccc(F)c(F)c4)CC3)sc2c1. The molecule has 4 heteroatoms. The Morgan fingerprint density at radius 2 is 1.79 bits per heavy atom. The number of thiophene rings is 1. The van der Waals surface area contributed by atoms with E-state index in [2.05, 4.69) is 31.2 Å². The third-order valence-electron chi connectivity index (χ3n) is 6.01. The van der Waals surface area contributed by atoms with Crippen LogP contribution in [0.5, 0.6) is 0 Å². The molecule has 0 spiro atoms. The molecule has 2 aromatic carbocycles. The molecule has 1 aliphatic rings. The number of unbranched alkanes of at least 4 members (excludes halogenated alkanes) is 1. The Morgan fingerprint density at radius 3 is 2.55 bits per heavy atom. The molecule has 3 aromatic rings. The lowest BCUT2D eigenvalue weighted by molar-refractivity contribution is 0.0146. The summed E-state index contributed by atoms with van der Waals surface area (Å²) in [6.07, 6.45) is 7.72. The Balaban J connectivity index is 1.30. The predicted octanol–water partition coefficient (Wildman–Crippen LogP) is 7.77. The number of aryl methyl sites for hydroxylation is 1. The van der Waals surface area contributed by atoms with Crippen molar-refractivity contribution in [3.8, 4) is 0 Å². The highest BCUT2D eigenvalue weighted by Gasteiger charge is 2.23. The van der Waals surface area contributed by atoms with Gasteiger partial charge in [-0.25, -0.2) is 8.78 Å². The van der Waals surface area contributed by atoms with Crippen LogP contribution in [-0.2, 0) is 17.8 Å². The van der Waals surface area contributed by atoms with Gasteiger partial charge in [0, 0.05) is 9.58 Å². The standard InChI is InChI=1S/C25H28F2OS/c1-2-3-4-17-5-6-20-14-22(29-25(20)13-17)16-28-21-10-7-18(8-11-21)19-9-12-23(26)24(27)15-19/h5-6,9,12-15,18,21H,2-4,7-8,10-11,16H2,1H3. The summed E-state index contributed by atoms with van der Waals surface area (Å²) in [4.78, 5) is 1.27. The summed E-state index contributed by atoms with van der Waals surface area (Å²) in [5.41, 5.74) is 2.33. The third kappa shape index (κ3) is 5.04. The molecule has 0 N–H and O–H groups in total. The van der Waals surface area contributed by atoms with E-state index in [4.69, 9.17) is 4.74 Å². The lowest BCUT2D eigenvalue weighted by Gasteiger charge is -2.28. The van der Waals surface area contributed by atoms with Crippen LogP contribution in [-0.4, -0.2) is 6.10 Å². The molecular formula is C25H28F2OS. The maximum atomic E-state index is 13.5. The second-order valence-corrected chi connectivity index (χ2v) is 9.31. The molecule has 4 rings (SSSR count). The summed E-state index contributed by atoms with van der Waals surface area (Å²) < 4.78 is 34.2. The van der Waals surface area contributed by atoms with Gasteiger partial charge in [-0.1, -0.05) is 31.5 Å². The van der Waals surface area contributed by atoms with Gasteiger partial charge in [-0.3, -0.25) is 0 Å². The number of benzene rings is 2. The molecule has 0 unspecified atom stereocenters. The molecule has 1 saturated carbocycles. The monoisotopic (exact) mass is 414 g/mol. The molecule has 0 amide bonds. The smallest absolute Gasteiger partial charge is 0.159 e. The Morgan fingerprint density at radius 1 is 0.966 bits per heavy atom. The minimum Gasteiger partial charge on any atom is -0.373 e. The Labute approximate surface area is 175 Å². The minimum absolute atomic E-state index is 0.252. The second-order valence-electron chi connectivity index (χ2n) is 8.15. The third-order valence-corrected chi connectivity index (χ3v) is 7.08. The van der Waals surface area contributed by atoms with Gasteiger partial charge in [-0.15, -0.1) is 11.3 Å². The summed E-state index contributed by atoms with van der Waals surface area (Å²) in [5, 5.41) is 1.30. The Bertz CT molecular complexity index is 957. The first-order valence-electron chi connectivity index (χ1n) is 10.7. The normalized spacial score (nSPS) is 19.7. The Kier molecular flexibility index (Phi) is 6.61. The summed E-state index contributed by atoms with van der Waals surface area (Å²) in [5.74, 6) is -1.22. The highest BCUT2D eigenvalue weighted by Crippen LogP contribution is 2.35. The summed E-state index contributed by atoms with van der Waals surface area (Å²) in [7, 11) is 0. The lowest BCUT2D eigenvalue weighted by Crippen LogP contribution is -2.20. The zero-order valence-electron chi connectivity index (χ0n) is 16.9. The van der Waals surface area contributed by atoms with Crippen LogP contribution in [0.1, 0.15) is 67.4 Å². The van der Waals surface area contributed by atoms with E-state index < -0.39 is 11.6 Å². The van der Waals surface area contributed by atoms with Gasteiger partial charge in [0.1, 0.15) is 0 Å². The van der Waals surface area contributed by atoms with Gasteiger partial charge in [0.2, 0.25) is 0 Å². The van der Waals surface area contributed by atoms with E-state index in [0.29, 0.717) is 12.5 Å². The number of halogens is 2. The number of hydrogen-bond donors (Lipinski definition) is 0. The first-order valence-corrected chi connectivity index (χ1v) is 11.5. The average Bonchev–Trinajstić information content (AvgIpc) is 3.15. The van der Waals surface area contributed by atoms with Crippen molar-refractivity contribution in [2.24, 2.45) is 0 Å². The highest BCUT2D eigenvalue weighted by molar-refractivity contribution is 7.19. The molecule has 1 nitrogen and oxygen atoms in total. The van der Waals surface area contributed by atoms with E-state index in [9.17, 15) is 8.78 Å². The largest absolute Gasteiger partial charge is 0.373 e. The van der Waals surface area contributed by atoms with Crippen molar-refractivity contribution in [2.75, 3.05) is 0 Å². The number of ether oxygens (including phenoxy) is 1. The molecule has 29 heavy (non-hydrogen) atoms. The average molecular weight is 415 g/mol. The number of fused-ring (bicyclic) bond motifs is 1. The molecule has 0 atom stereocenters. The minimum atomic E-state index is -0.772. The maximum Gasteiger partial charge on any atom is 0.159 e. The van der Waals surface area contributed by atoms with Crippen LogP contribution in [0.2, 0.25) is 0 Å². The molecule has 154 valence electrons. The van der Waals surface area contributed by atoms with Crippen molar-refractivity contribution in [3.05, 3.63) is 70.1 Å². The van der Waals surface area contributed by atoms with Crippen LogP contribution in [0, 0.1) is 11.6 Å². The van der Waals surface area contributed by atoms with Crippen LogP contribution >= 0.6 is 11.3 Å². The predicted molar refractivity (Wildman–Crippen MR) is 117 cm³/mol. The van der Waals surface area contributed by atoms with E-state index in [0.717, 1.165) is 37.7 Å². The van der Waals surface area contributed by atoms with E-state index in [1.165, 1.54) is 45.5 Å². The van der Waals surface area contributed by atoms with E-state index in [1.54, 1.807) is 6.07 Å². The topological polar surface area (TPSA) is 9.23 Å². The molecule has 0 saturated heterocycles. The van der Waals surface area contributed by atoms with Gasteiger partial charge in [0.05, 0.1) is 12.7 Å². The summed E-state index contributed by atoms with van der Waals surface area (Å²) in [6.45, 7) is 2.88. The highest BCUT2D eigenvalue weighted by atomic mass is 32.1. The van der Waals surface area contributed by atoms with Crippen molar-refractivity contribution >= 4 is 21.4 Å². The van der Waals surface area contributed by atoms with Crippen LogP contribution in [0.4, 0.5) is 8.78 Å². The fourth-order valence-corrected chi connectivity index (χ4v) is 5.32. The molecular weight excluding hydrogens is 386 g/mol. The Hall–Kier alpha value is -1.78. The van der Waals surface area contributed by atoms with Crippen molar-refractivity contribution in [2.45, 2.75) is 70.5 Å². The zero-order chi connectivity index (χ0) is 20.2. The fourth-order valence-electron chi connectivity index (χ4n) is 4.27. The summed E-state index contributed by atoms with van der Waals surface area (Å²) >= 11 is 1.83. The van der Waals surface area contributed by atoms with Gasteiger partial charge in [-0.2, -0.15) is 0 Å². The van der Waals surface area contributed by atoms with Crippen molar-refractivity contribution in [3.63, 3.8) is 0 Å². The van der Waals surface area contributed by atoms with Crippen LogP contribution in [0.15, 0.2) is 42.5 Å². The molecule has 0 aliphatic heterocycles. The van der Waals surface area contributed by atoms with E-state index in [-0.39, 0.29) is 6.10 Å². The van der Waals surface area contributed by atoms with Crippen LogP contribution in [0.3, 0.4) is 0 Å². The van der Waals surface area contributed by atoms with Gasteiger partial charge < -0.3 is 4.74 Å². The molecule has 1 fully saturated rings. The van der Waals surface area contributed by atoms with Crippen LogP contribution < -0.4 is 0 Å². The number of rotatable bonds is 7. The second kappa shape index (κ2) is 9.36. The number of hydrogen-bond acceptors (Lipinski definition) is 2. The van der Waals surface area contributed by atoms with Crippen molar-refractivity contribution in [1.29, 1.82) is 0 Å². The van der Waals surface area contributed by atoms with Gasteiger partial charge in [0.15, 0.2) is 11.6 Å². The molecule has 1 heterocycles. The summed E-state index contributed by atoms with van der Waals surface area (Å²) in [6, 6.07) is 13.4. The van der Waals surface area contributed by atoms with E-state index >= 15 is 0 Å². The molecule has 0 radical (unpaired) electrons. The van der Waals surface area contributed by atoms with Gasteiger partial charge in [0.25, 0.3) is 0 Å². The van der Waals surface area contributed by atoms with Crippen molar-refractivity contribution < 1.29 is 13.5 Å². The molecule has 1 aromatic heterocycles. The maximum absolute atomic E-state index is 13.5. The van der Waals surface area contributed by atoms with Gasteiger partial charge in [-0.05, 0) is 85.2 Å². The fraction of sp³-hybridized carbons (Fsp3) is 0.440.